The number of piperidine rings is 1. The summed E-state index contributed by atoms with van der Waals surface area (Å²) >= 11 is 0. The second-order valence-corrected chi connectivity index (χ2v) is 4.43. The normalized spacial score (nSPS) is 20.4. The molecular formula is C12H18N2O3. The van der Waals surface area contributed by atoms with Gasteiger partial charge in [0, 0.05) is 13.1 Å². The second-order valence-electron chi connectivity index (χ2n) is 4.43. The van der Waals surface area contributed by atoms with Crippen LogP contribution in [-0.4, -0.2) is 30.6 Å². The summed E-state index contributed by atoms with van der Waals surface area (Å²) in [6, 6.07) is 0.527. The lowest BCUT2D eigenvalue weighted by molar-refractivity contribution is 0.0519. The van der Waals surface area contributed by atoms with E-state index in [1.807, 2.05) is 0 Å². The van der Waals surface area contributed by atoms with E-state index in [9.17, 15) is 4.79 Å². The first-order valence-corrected chi connectivity index (χ1v) is 6.08. The van der Waals surface area contributed by atoms with Crippen LogP contribution in [0.3, 0.4) is 0 Å². The van der Waals surface area contributed by atoms with Crippen LogP contribution in [0.2, 0.25) is 0 Å². The minimum atomic E-state index is -0.424. The van der Waals surface area contributed by atoms with Crippen molar-refractivity contribution in [1.82, 2.24) is 4.98 Å². The average molecular weight is 238 g/mol. The molecule has 5 heteroatoms. The van der Waals surface area contributed by atoms with Crippen LogP contribution in [0.5, 0.6) is 0 Å². The monoisotopic (exact) mass is 238 g/mol. The molecule has 2 rings (SSSR count). The van der Waals surface area contributed by atoms with Gasteiger partial charge in [-0.2, -0.15) is 4.98 Å². The van der Waals surface area contributed by atoms with Gasteiger partial charge in [-0.1, -0.05) is 6.92 Å². The third kappa shape index (κ3) is 2.78. The van der Waals surface area contributed by atoms with Crippen molar-refractivity contribution < 1.29 is 13.9 Å². The molecule has 1 saturated heterocycles. The van der Waals surface area contributed by atoms with Gasteiger partial charge in [0.05, 0.1) is 6.61 Å². The number of aromatic nitrogens is 1. The van der Waals surface area contributed by atoms with Gasteiger partial charge in [0.1, 0.15) is 6.26 Å². The van der Waals surface area contributed by atoms with Crippen LogP contribution in [0, 0.1) is 5.92 Å². The number of oxazole rings is 1. The topological polar surface area (TPSA) is 55.6 Å². The molecule has 0 bridgehead atoms. The van der Waals surface area contributed by atoms with Gasteiger partial charge in [-0.25, -0.2) is 4.79 Å². The highest BCUT2D eigenvalue weighted by atomic mass is 16.5. The van der Waals surface area contributed by atoms with Gasteiger partial charge >= 0.3 is 5.97 Å². The van der Waals surface area contributed by atoms with Crippen LogP contribution in [0.25, 0.3) is 0 Å². The number of rotatable bonds is 3. The lowest BCUT2D eigenvalue weighted by Crippen LogP contribution is -2.34. The Labute approximate surface area is 101 Å². The lowest BCUT2D eigenvalue weighted by Gasteiger charge is -2.29. The van der Waals surface area contributed by atoms with Crippen molar-refractivity contribution in [2.45, 2.75) is 26.7 Å². The van der Waals surface area contributed by atoms with Crippen molar-refractivity contribution in [1.29, 1.82) is 0 Å². The van der Waals surface area contributed by atoms with Gasteiger partial charge in [0.25, 0.3) is 6.01 Å². The third-order valence-electron chi connectivity index (χ3n) is 2.90. The van der Waals surface area contributed by atoms with Crippen LogP contribution in [0.15, 0.2) is 10.7 Å². The molecule has 0 spiro atoms. The Bertz CT molecular complexity index is 389. The van der Waals surface area contributed by atoms with Gasteiger partial charge in [0.2, 0.25) is 0 Å². The van der Waals surface area contributed by atoms with Crippen LogP contribution in [0.1, 0.15) is 37.2 Å². The quantitative estimate of drug-likeness (QED) is 0.755. The zero-order chi connectivity index (χ0) is 12.3. The Morgan fingerprint density at radius 3 is 3.24 bits per heavy atom. The van der Waals surface area contributed by atoms with Crippen LogP contribution < -0.4 is 4.90 Å². The Morgan fingerprint density at radius 2 is 2.53 bits per heavy atom. The minimum Gasteiger partial charge on any atom is -0.461 e. The molecule has 0 N–H and O–H groups in total. The van der Waals surface area contributed by atoms with Crippen molar-refractivity contribution in [3.05, 3.63) is 12.0 Å². The molecule has 1 aromatic heterocycles. The summed E-state index contributed by atoms with van der Waals surface area (Å²) in [5.74, 6) is 0.217. The number of carbonyl (C=O) groups excluding carboxylic acids is 1. The molecular weight excluding hydrogens is 220 g/mol. The number of esters is 1. The number of hydrogen-bond acceptors (Lipinski definition) is 5. The van der Waals surface area contributed by atoms with Gasteiger partial charge in [-0.3, -0.25) is 0 Å². The largest absolute Gasteiger partial charge is 0.461 e. The summed E-state index contributed by atoms with van der Waals surface area (Å²) in [5.41, 5.74) is 0.250. The number of hydrogen-bond donors (Lipinski definition) is 0. The summed E-state index contributed by atoms with van der Waals surface area (Å²) in [4.78, 5) is 17.7. The van der Waals surface area contributed by atoms with E-state index < -0.39 is 5.97 Å². The fourth-order valence-corrected chi connectivity index (χ4v) is 2.07. The molecule has 0 amide bonds. The van der Waals surface area contributed by atoms with Crippen LogP contribution >= 0.6 is 0 Å². The fourth-order valence-electron chi connectivity index (χ4n) is 2.07. The number of ether oxygens (including phenoxy) is 1. The average Bonchev–Trinajstić information content (AvgIpc) is 2.78. The molecule has 2 heterocycles. The predicted octanol–water partition coefficient (Wildman–Crippen LogP) is 2.09. The predicted molar refractivity (Wildman–Crippen MR) is 63.1 cm³/mol. The lowest BCUT2D eigenvalue weighted by atomic mass is 10.0. The van der Waals surface area contributed by atoms with Crippen LogP contribution in [0.4, 0.5) is 6.01 Å². The first kappa shape index (κ1) is 12.0. The SMILES string of the molecule is CCOC(=O)c1coc(N2CCCC(C)C2)n1. The third-order valence-corrected chi connectivity index (χ3v) is 2.90. The van der Waals surface area contributed by atoms with Crippen molar-refractivity contribution >= 4 is 12.0 Å². The molecule has 94 valence electrons. The van der Waals surface area contributed by atoms with Crippen molar-refractivity contribution in [3.8, 4) is 0 Å². The maximum absolute atomic E-state index is 11.4. The molecule has 5 nitrogen and oxygen atoms in total. The van der Waals surface area contributed by atoms with E-state index in [1.54, 1.807) is 6.92 Å². The molecule has 0 saturated carbocycles. The van der Waals surface area contributed by atoms with E-state index in [1.165, 1.54) is 12.7 Å². The smallest absolute Gasteiger partial charge is 0.360 e. The zero-order valence-corrected chi connectivity index (χ0v) is 10.3. The zero-order valence-electron chi connectivity index (χ0n) is 10.3. The van der Waals surface area contributed by atoms with E-state index in [0.717, 1.165) is 19.5 Å². The molecule has 1 atom stereocenters. The van der Waals surface area contributed by atoms with E-state index in [-0.39, 0.29) is 5.69 Å². The first-order chi connectivity index (χ1) is 8.20. The maximum atomic E-state index is 11.4. The molecule has 1 aliphatic rings. The van der Waals surface area contributed by atoms with Gasteiger partial charge in [-0.05, 0) is 25.7 Å². The Kier molecular flexibility index (Phi) is 3.66. The highest BCUT2D eigenvalue weighted by Crippen LogP contribution is 2.22. The fraction of sp³-hybridized carbons (Fsp3) is 0.667. The van der Waals surface area contributed by atoms with Crippen LogP contribution in [-0.2, 0) is 4.74 Å². The van der Waals surface area contributed by atoms with Gasteiger partial charge < -0.3 is 14.1 Å². The number of nitrogens with zero attached hydrogens (tertiary/aromatic N) is 2. The highest BCUT2D eigenvalue weighted by molar-refractivity contribution is 5.87. The molecule has 1 unspecified atom stereocenters. The van der Waals surface area contributed by atoms with E-state index in [2.05, 4.69) is 16.8 Å². The molecule has 1 aliphatic heterocycles. The molecule has 0 aliphatic carbocycles. The van der Waals surface area contributed by atoms with Gasteiger partial charge in [0.15, 0.2) is 5.69 Å². The Balaban J connectivity index is 2.04. The summed E-state index contributed by atoms with van der Waals surface area (Å²) in [7, 11) is 0. The maximum Gasteiger partial charge on any atom is 0.360 e. The van der Waals surface area contributed by atoms with Crippen molar-refractivity contribution in [2.75, 3.05) is 24.6 Å². The summed E-state index contributed by atoms with van der Waals surface area (Å²) in [6.07, 6.45) is 3.74. The molecule has 0 radical (unpaired) electrons. The number of anilines is 1. The van der Waals surface area contributed by atoms with E-state index in [4.69, 9.17) is 9.15 Å². The van der Waals surface area contributed by atoms with Crippen molar-refractivity contribution in [3.63, 3.8) is 0 Å². The molecule has 1 fully saturated rings. The van der Waals surface area contributed by atoms with Gasteiger partial charge in [-0.15, -0.1) is 0 Å². The standard InChI is InChI=1S/C12H18N2O3/c1-3-16-11(15)10-8-17-12(13-10)14-6-4-5-9(2)7-14/h8-9H,3-7H2,1-2H3. The molecule has 1 aromatic rings. The van der Waals surface area contributed by atoms with Crippen molar-refractivity contribution in [2.24, 2.45) is 5.92 Å². The van der Waals surface area contributed by atoms with E-state index >= 15 is 0 Å². The molecule has 0 aromatic carbocycles. The minimum absolute atomic E-state index is 0.250. The summed E-state index contributed by atoms with van der Waals surface area (Å²) in [5, 5.41) is 0. The number of carbonyl (C=O) groups is 1. The molecule has 17 heavy (non-hydrogen) atoms. The van der Waals surface area contributed by atoms with E-state index in [0.29, 0.717) is 18.5 Å². The first-order valence-electron chi connectivity index (χ1n) is 6.08. The summed E-state index contributed by atoms with van der Waals surface area (Å²) in [6.45, 7) is 6.20. The Morgan fingerprint density at radius 1 is 1.71 bits per heavy atom. The Hall–Kier alpha value is -1.52. The summed E-state index contributed by atoms with van der Waals surface area (Å²) < 4.78 is 10.2. The highest BCUT2D eigenvalue weighted by Gasteiger charge is 2.22. The second kappa shape index (κ2) is 5.21.